The molecular formula is C15H18N6O. The third-order valence-corrected chi connectivity index (χ3v) is 3.20. The van der Waals surface area contributed by atoms with E-state index in [1.807, 2.05) is 41.9 Å². The van der Waals surface area contributed by atoms with Crippen molar-refractivity contribution < 1.29 is 5.11 Å². The summed E-state index contributed by atoms with van der Waals surface area (Å²) in [5.41, 5.74) is 2.55. The summed E-state index contributed by atoms with van der Waals surface area (Å²) in [5.74, 6) is 0.999. The molecule has 2 aromatic heterocycles. The van der Waals surface area contributed by atoms with Crippen LogP contribution in [0.5, 0.6) is 0 Å². The predicted molar refractivity (Wildman–Crippen MR) is 85.4 cm³/mol. The Kier molecular flexibility index (Phi) is 3.88. The summed E-state index contributed by atoms with van der Waals surface area (Å²) in [4.78, 5) is 13.1. The molecule has 1 atom stereocenters. The maximum atomic E-state index is 9.46. The molecule has 0 fully saturated rings. The van der Waals surface area contributed by atoms with Gasteiger partial charge in [-0.25, -0.2) is 4.98 Å². The number of aryl methyl sites for hydroxylation is 1. The summed E-state index contributed by atoms with van der Waals surface area (Å²) in [7, 11) is 1.87. The molecule has 1 unspecified atom stereocenters. The summed E-state index contributed by atoms with van der Waals surface area (Å²) in [6.07, 6.45) is 0.965. The minimum absolute atomic E-state index is 0.363. The molecule has 0 saturated carbocycles. The van der Waals surface area contributed by atoms with Gasteiger partial charge in [0.2, 0.25) is 5.95 Å². The van der Waals surface area contributed by atoms with Gasteiger partial charge in [-0.3, -0.25) is 0 Å². The summed E-state index contributed by atoms with van der Waals surface area (Å²) in [6, 6.07) is 10.1. The van der Waals surface area contributed by atoms with Crippen molar-refractivity contribution in [2.75, 3.05) is 10.6 Å². The Morgan fingerprint density at radius 2 is 2.00 bits per heavy atom. The summed E-state index contributed by atoms with van der Waals surface area (Å²) >= 11 is 0. The van der Waals surface area contributed by atoms with E-state index in [4.69, 9.17) is 0 Å². The van der Waals surface area contributed by atoms with Gasteiger partial charge in [-0.15, -0.1) is 0 Å². The van der Waals surface area contributed by atoms with E-state index in [1.165, 1.54) is 0 Å². The fourth-order valence-electron chi connectivity index (χ4n) is 2.16. The van der Waals surface area contributed by atoms with Crippen molar-refractivity contribution in [1.82, 2.24) is 19.5 Å². The Labute approximate surface area is 128 Å². The summed E-state index contributed by atoms with van der Waals surface area (Å²) < 4.78 is 1.82. The largest absolute Gasteiger partial charge is 0.374 e. The number of rotatable bonds is 5. The zero-order valence-electron chi connectivity index (χ0n) is 12.5. The van der Waals surface area contributed by atoms with Crippen molar-refractivity contribution in [3.05, 3.63) is 42.2 Å². The van der Waals surface area contributed by atoms with Gasteiger partial charge in [0.25, 0.3) is 0 Å². The highest BCUT2D eigenvalue weighted by molar-refractivity contribution is 5.84. The van der Waals surface area contributed by atoms with Gasteiger partial charge in [0.1, 0.15) is 6.23 Å². The molecule has 7 nitrogen and oxygen atoms in total. The van der Waals surface area contributed by atoms with Crippen molar-refractivity contribution in [1.29, 1.82) is 0 Å². The number of benzene rings is 1. The van der Waals surface area contributed by atoms with E-state index in [0.717, 1.165) is 5.56 Å². The van der Waals surface area contributed by atoms with E-state index in [0.29, 0.717) is 29.5 Å². The van der Waals surface area contributed by atoms with Crippen LogP contribution in [-0.4, -0.2) is 30.9 Å². The lowest BCUT2D eigenvalue weighted by atomic mass is 10.2. The van der Waals surface area contributed by atoms with Crippen LogP contribution in [0.1, 0.15) is 12.5 Å². The van der Waals surface area contributed by atoms with Gasteiger partial charge in [0.05, 0.1) is 6.33 Å². The molecule has 3 aromatic rings. The van der Waals surface area contributed by atoms with Crippen LogP contribution in [0.4, 0.5) is 11.8 Å². The van der Waals surface area contributed by atoms with E-state index < -0.39 is 6.23 Å². The quantitative estimate of drug-likeness (QED) is 0.622. The Morgan fingerprint density at radius 3 is 2.73 bits per heavy atom. The van der Waals surface area contributed by atoms with Gasteiger partial charge in [0.15, 0.2) is 17.0 Å². The number of hydrogen-bond acceptors (Lipinski definition) is 6. The van der Waals surface area contributed by atoms with Gasteiger partial charge >= 0.3 is 0 Å². The van der Waals surface area contributed by atoms with Gasteiger partial charge in [-0.05, 0) is 12.5 Å². The first-order chi connectivity index (χ1) is 10.6. The number of nitrogens with zero attached hydrogens (tertiary/aromatic N) is 4. The average molecular weight is 298 g/mol. The molecule has 0 spiro atoms. The SMILES string of the molecule is CC(O)Nc1nc(NCc2ccccc2)c2ncn(C)c2n1. The maximum absolute atomic E-state index is 9.46. The molecule has 0 aliphatic rings. The lowest BCUT2D eigenvalue weighted by Crippen LogP contribution is -2.16. The monoisotopic (exact) mass is 298 g/mol. The molecule has 0 aliphatic heterocycles. The second-order valence-corrected chi connectivity index (χ2v) is 5.08. The van der Waals surface area contributed by atoms with E-state index in [2.05, 4.69) is 25.6 Å². The van der Waals surface area contributed by atoms with Gasteiger partial charge in [-0.2, -0.15) is 9.97 Å². The Balaban J connectivity index is 1.92. The molecular weight excluding hydrogens is 280 g/mol. The van der Waals surface area contributed by atoms with E-state index >= 15 is 0 Å². The topological polar surface area (TPSA) is 87.9 Å². The second-order valence-electron chi connectivity index (χ2n) is 5.08. The third-order valence-electron chi connectivity index (χ3n) is 3.20. The molecule has 1 aromatic carbocycles. The van der Waals surface area contributed by atoms with Crippen LogP contribution in [0.15, 0.2) is 36.7 Å². The highest BCUT2D eigenvalue weighted by Crippen LogP contribution is 2.21. The van der Waals surface area contributed by atoms with Gasteiger partial charge in [-0.1, -0.05) is 30.3 Å². The number of aliphatic hydroxyl groups is 1. The Bertz CT molecular complexity index is 768. The fraction of sp³-hybridized carbons (Fsp3) is 0.267. The van der Waals surface area contributed by atoms with Crippen LogP contribution in [-0.2, 0) is 13.6 Å². The van der Waals surface area contributed by atoms with Gasteiger partial charge in [0, 0.05) is 13.6 Å². The number of imidazole rings is 1. The molecule has 0 radical (unpaired) electrons. The molecule has 0 bridgehead atoms. The van der Waals surface area contributed by atoms with Crippen LogP contribution in [0, 0.1) is 0 Å². The number of aromatic nitrogens is 4. The minimum Gasteiger partial charge on any atom is -0.374 e. The third kappa shape index (κ3) is 2.99. The lowest BCUT2D eigenvalue weighted by molar-refractivity contribution is 0.223. The van der Waals surface area contributed by atoms with Crippen LogP contribution in [0.25, 0.3) is 11.2 Å². The zero-order chi connectivity index (χ0) is 15.5. The number of fused-ring (bicyclic) bond motifs is 1. The van der Waals surface area contributed by atoms with E-state index in [1.54, 1.807) is 13.3 Å². The molecule has 0 amide bonds. The fourth-order valence-corrected chi connectivity index (χ4v) is 2.16. The van der Waals surface area contributed by atoms with Crippen molar-refractivity contribution in [3.63, 3.8) is 0 Å². The smallest absolute Gasteiger partial charge is 0.228 e. The van der Waals surface area contributed by atoms with E-state index in [-0.39, 0.29) is 0 Å². The lowest BCUT2D eigenvalue weighted by Gasteiger charge is -2.11. The van der Waals surface area contributed by atoms with Crippen molar-refractivity contribution in [2.45, 2.75) is 19.7 Å². The van der Waals surface area contributed by atoms with Crippen LogP contribution < -0.4 is 10.6 Å². The van der Waals surface area contributed by atoms with Crippen LogP contribution >= 0.6 is 0 Å². The maximum Gasteiger partial charge on any atom is 0.228 e. The van der Waals surface area contributed by atoms with Crippen molar-refractivity contribution in [2.24, 2.45) is 7.05 Å². The standard InChI is InChI=1S/C15H18N6O/c1-10(22)18-15-19-13(12-14(20-15)21(2)9-17-12)16-8-11-6-4-3-5-7-11/h3-7,9-10,22H,8H2,1-2H3,(H2,16,18,19,20). The van der Waals surface area contributed by atoms with Crippen molar-refractivity contribution in [3.8, 4) is 0 Å². The highest BCUT2D eigenvalue weighted by Gasteiger charge is 2.12. The van der Waals surface area contributed by atoms with Crippen molar-refractivity contribution >= 4 is 22.9 Å². The minimum atomic E-state index is -0.729. The predicted octanol–water partition coefficient (Wildman–Crippen LogP) is 1.73. The zero-order valence-corrected chi connectivity index (χ0v) is 12.5. The normalized spacial score (nSPS) is 12.3. The first-order valence-corrected chi connectivity index (χ1v) is 7.05. The highest BCUT2D eigenvalue weighted by atomic mass is 16.3. The van der Waals surface area contributed by atoms with Crippen LogP contribution in [0.3, 0.4) is 0 Å². The molecule has 114 valence electrons. The van der Waals surface area contributed by atoms with Crippen LogP contribution in [0.2, 0.25) is 0 Å². The summed E-state index contributed by atoms with van der Waals surface area (Å²) in [6.45, 7) is 2.26. The van der Waals surface area contributed by atoms with E-state index in [9.17, 15) is 5.11 Å². The second kappa shape index (κ2) is 5.98. The first-order valence-electron chi connectivity index (χ1n) is 7.05. The average Bonchev–Trinajstić information content (AvgIpc) is 2.87. The molecule has 0 saturated heterocycles. The Hall–Kier alpha value is -2.67. The first kappa shape index (κ1) is 14.3. The molecule has 3 N–H and O–H groups in total. The summed E-state index contributed by atoms with van der Waals surface area (Å²) in [5, 5.41) is 15.5. The molecule has 7 heteroatoms. The molecule has 22 heavy (non-hydrogen) atoms. The Morgan fingerprint density at radius 1 is 1.23 bits per heavy atom. The van der Waals surface area contributed by atoms with Gasteiger partial charge < -0.3 is 20.3 Å². The number of hydrogen-bond donors (Lipinski definition) is 3. The number of anilines is 2. The number of aliphatic hydroxyl groups excluding tert-OH is 1. The molecule has 2 heterocycles. The number of nitrogens with one attached hydrogen (secondary N) is 2. The molecule has 0 aliphatic carbocycles. The molecule has 3 rings (SSSR count).